The van der Waals surface area contributed by atoms with Crippen molar-refractivity contribution in [2.75, 3.05) is 41.5 Å². The summed E-state index contributed by atoms with van der Waals surface area (Å²) >= 11 is 0. The molecular formula is C41H52N8O8. The maximum Gasteiger partial charge on any atom is 0.407 e. The van der Waals surface area contributed by atoms with Crippen molar-refractivity contribution < 1.29 is 38.5 Å². The number of amides is 4. The molecule has 2 fully saturated rings. The van der Waals surface area contributed by atoms with Crippen molar-refractivity contribution in [3.05, 3.63) is 72.1 Å². The van der Waals surface area contributed by atoms with Crippen molar-refractivity contribution in [3.63, 3.8) is 0 Å². The Kier molecular flexibility index (Phi) is 12.6. The highest BCUT2D eigenvalue weighted by atomic mass is 16.5. The Morgan fingerprint density at radius 2 is 1.35 bits per heavy atom. The predicted octanol–water partition coefficient (Wildman–Crippen LogP) is 5.54. The first kappa shape index (κ1) is 40.9. The molecule has 16 nitrogen and oxygen atoms in total. The lowest BCUT2D eigenvalue weighted by molar-refractivity contribution is -0.141. The maximum atomic E-state index is 13.7. The van der Waals surface area contributed by atoms with Crippen LogP contribution in [-0.2, 0) is 23.8 Å². The number of likely N-dealkylation sites (tertiary alicyclic amines) is 2. The third kappa shape index (κ3) is 8.51. The van der Waals surface area contributed by atoms with E-state index in [-0.39, 0.29) is 23.9 Å². The Morgan fingerprint density at radius 1 is 0.807 bits per heavy atom. The molecule has 0 spiro atoms. The first-order valence-corrected chi connectivity index (χ1v) is 19.2. The van der Waals surface area contributed by atoms with E-state index in [1.807, 2.05) is 43.3 Å². The molecular weight excluding hydrogens is 732 g/mol. The number of carbonyl (C=O) groups is 4. The average molecular weight is 785 g/mol. The van der Waals surface area contributed by atoms with Crippen molar-refractivity contribution in [3.8, 4) is 33.6 Å². The number of imidazole rings is 2. The number of methoxy groups -OCH3 is 3. The highest BCUT2D eigenvalue weighted by Crippen LogP contribution is 2.36. The fourth-order valence-electron chi connectivity index (χ4n) is 7.85. The Labute approximate surface area is 331 Å². The van der Waals surface area contributed by atoms with E-state index in [9.17, 15) is 24.3 Å². The van der Waals surface area contributed by atoms with Crippen LogP contribution < -0.4 is 5.32 Å². The van der Waals surface area contributed by atoms with Crippen LogP contribution in [0.5, 0.6) is 0 Å². The van der Waals surface area contributed by atoms with Gasteiger partial charge in [-0.3, -0.25) is 14.5 Å². The number of rotatable bonds is 13. The molecule has 2 aliphatic rings. The number of alkyl carbamates (subject to hydrolysis) is 1. The summed E-state index contributed by atoms with van der Waals surface area (Å²) in [6.45, 7) is 6.43. The third-order valence-corrected chi connectivity index (χ3v) is 11.2. The third-order valence-electron chi connectivity index (χ3n) is 11.2. The van der Waals surface area contributed by atoms with Gasteiger partial charge in [0.1, 0.15) is 23.7 Å². The highest BCUT2D eigenvalue weighted by Gasteiger charge is 2.41. The van der Waals surface area contributed by atoms with Gasteiger partial charge >= 0.3 is 12.2 Å². The SMILES string of the molecule is COC(=O)N[C@H](C(=O)N1CCC[C@H]1c1nc(-c2ccc(-c3ccc(-c4cnc([C@@H]5CCCN5C(=O)[C@H]([C@@H](C)OC)N(C)C(=O)O)[nH]4)cc3)cc2)c(C)[nH]1)C(C)OC. The summed E-state index contributed by atoms with van der Waals surface area (Å²) in [6.07, 6.45) is 1.70. The quantitative estimate of drug-likeness (QED) is 0.134. The molecule has 6 rings (SSSR count). The number of benzene rings is 2. The normalized spacial score (nSPS) is 18.9. The molecule has 2 aromatic heterocycles. The topological polar surface area (TPSA) is 195 Å². The molecule has 2 aromatic carbocycles. The lowest BCUT2D eigenvalue weighted by Gasteiger charge is -2.34. The summed E-state index contributed by atoms with van der Waals surface area (Å²) in [4.78, 5) is 72.1. The van der Waals surface area contributed by atoms with Crippen molar-refractivity contribution in [2.45, 2.75) is 82.8 Å². The molecule has 304 valence electrons. The summed E-state index contributed by atoms with van der Waals surface area (Å²) in [7, 11) is 5.60. The first-order valence-electron chi connectivity index (χ1n) is 19.2. The zero-order chi connectivity index (χ0) is 41.0. The minimum absolute atomic E-state index is 0.252. The second-order valence-corrected chi connectivity index (χ2v) is 14.6. The Hall–Kier alpha value is -5.74. The maximum absolute atomic E-state index is 13.7. The van der Waals surface area contributed by atoms with Gasteiger partial charge in [-0.25, -0.2) is 19.6 Å². The number of hydrogen-bond acceptors (Lipinski definition) is 9. The number of aromatic nitrogens is 4. The molecule has 4 N–H and O–H groups in total. The smallest absolute Gasteiger partial charge is 0.407 e. The van der Waals surface area contributed by atoms with Crippen LogP contribution in [0.3, 0.4) is 0 Å². The minimum Gasteiger partial charge on any atom is -0.465 e. The molecule has 57 heavy (non-hydrogen) atoms. The molecule has 4 amide bonds. The Balaban J connectivity index is 1.14. The van der Waals surface area contributed by atoms with Crippen molar-refractivity contribution in [1.29, 1.82) is 0 Å². The molecule has 0 aliphatic carbocycles. The van der Waals surface area contributed by atoms with Crippen LogP contribution in [-0.4, -0.2) is 130 Å². The number of nitrogens with one attached hydrogen (secondary N) is 3. The van der Waals surface area contributed by atoms with Gasteiger partial charge in [0.25, 0.3) is 0 Å². The number of carbonyl (C=O) groups excluding carboxylic acids is 3. The number of aryl methyl sites for hydroxylation is 1. The van der Waals surface area contributed by atoms with E-state index >= 15 is 0 Å². The van der Waals surface area contributed by atoms with Crippen LogP contribution >= 0.6 is 0 Å². The van der Waals surface area contributed by atoms with E-state index in [2.05, 4.69) is 32.4 Å². The van der Waals surface area contributed by atoms with Crippen LogP contribution in [0.2, 0.25) is 0 Å². The fourth-order valence-corrected chi connectivity index (χ4v) is 7.85. The molecule has 0 radical (unpaired) electrons. The lowest BCUT2D eigenvalue weighted by atomic mass is 10.0. The van der Waals surface area contributed by atoms with Crippen LogP contribution in [0.15, 0.2) is 54.7 Å². The number of aromatic amines is 2. The molecule has 4 heterocycles. The van der Waals surface area contributed by atoms with Gasteiger partial charge in [-0.15, -0.1) is 0 Å². The van der Waals surface area contributed by atoms with Gasteiger partial charge in [-0.2, -0.15) is 0 Å². The van der Waals surface area contributed by atoms with E-state index in [1.54, 1.807) is 29.8 Å². The monoisotopic (exact) mass is 784 g/mol. The number of H-pyrrole nitrogens is 2. The van der Waals surface area contributed by atoms with Gasteiger partial charge in [-0.05, 0) is 63.1 Å². The number of ether oxygens (including phenoxy) is 3. The first-order chi connectivity index (χ1) is 27.4. The van der Waals surface area contributed by atoms with E-state index in [0.717, 1.165) is 63.5 Å². The molecule has 1 unspecified atom stereocenters. The predicted molar refractivity (Wildman–Crippen MR) is 211 cm³/mol. The van der Waals surface area contributed by atoms with Gasteiger partial charge in [0.15, 0.2) is 0 Å². The molecule has 0 saturated carbocycles. The highest BCUT2D eigenvalue weighted by molar-refractivity contribution is 5.87. The number of nitrogens with zero attached hydrogens (tertiary/aromatic N) is 5. The van der Waals surface area contributed by atoms with Gasteiger partial charge in [0.2, 0.25) is 11.8 Å². The van der Waals surface area contributed by atoms with Gasteiger partial charge in [0, 0.05) is 45.6 Å². The second-order valence-electron chi connectivity index (χ2n) is 14.6. The molecule has 6 atom stereocenters. The van der Waals surface area contributed by atoms with Crippen molar-refractivity contribution >= 4 is 24.0 Å². The Bertz CT molecular complexity index is 2050. The second kappa shape index (κ2) is 17.6. The van der Waals surface area contributed by atoms with E-state index < -0.39 is 36.5 Å². The molecule has 2 aliphatic heterocycles. The molecule has 16 heteroatoms. The number of hydrogen-bond donors (Lipinski definition) is 4. The summed E-state index contributed by atoms with van der Waals surface area (Å²) < 4.78 is 15.5. The van der Waals surface area contributed by atoms with Gasteiger partial charge in [-0.1, -0.05) is 48.5 Å². The zero-order valence-corrected chi connectivity index (χ0v) is 33.4. The van der Waals surface area contributed by atoms with Gasteiger partial charge in [0.05, 0.1) is 49.0 Å². The van der Waals surface area contributed by atoms with Crippen LogP contribution in [0.4, 0.5) is 9.59 Å². The average Bonchev–Trinajstić information content (AvgIpc) is 4.06. The van der Waals surface area contributed by atoms with E-state index in [4.69, 9.17) is 19.2 Å². The largest absolute Gasteiger partial charge is 0.465 e. The Morgan fingerprint density at radius 3 is 1.91 bits per heavy atom. The van der Waals surface area contributed by atoms with Crippen LogP contribution in [0, 0.1) is 6.92 Å². The summed E-state index contributed by atoms with van der Waals surface area (Å²) in [5.74, 6) is 0.789. The molecule has 4 aromatic rings. The molecule has 2 saturated heterocycles. The molecule has 0 bridgehead atoms. The number of likely N-dealkylation sites (N-methyl/N-ethyl adjacent to an activating group) is 1. The summed E-state index contributed by atoms with van der Waals surface area (Å²) in [5, 5.41) is 12.3. The fraction of sp³-hybridized carbons (Fsp3) is 0.463. The van der Waals surface area contributed by atoms with Crippen LogP contribution in [0.25, 0.3) is 33.6 Å². The lowest BCUT2D eigenvalue weighted by Crippen LogP contribution is -2.54. The summed E-state index contributed by atoms with van der Waals surface area (Å²) in [5.41, 5.74) is 6.42. The van der Waals surface area contributed by atoms with Crippen molar-refractivity contribution in [1.82, 2.24) is 40.0 Å². The zero-order valence-electron chi connectivity index (χ0n) is 33.4. The van der Waals surface area contributed by atoms with Crippen molar-refractivity contribution in [2.24, 2.45) is 0 Å². The van der Waals surface area contributed by atoms with Crippen LogP contribution in [0.1, 0.15) is 69.0 Å². The summed E-state index contributed by atoms with van der Waals surface area (Å²) in [6, 6.07) is 13.8. The van der Waals surface area contributed by atoms with E-state index in [0.29, 0.717) is 31.2 Å². The van der Waals surface area contributed by atoms with Gasteiger partial charge < -0.3 is 44.4 Å². The number of carboxylic acid groups (broad SMARTS) is 1. The van der Waals surface area contributed by atoms with E-state index in [1.165, 1.54) is 28.4 Å². The minimum atomic E-state index is -1.20. The standard InChI is InChI=1S/C41H52N8O8/c1-23-33(45-37(43-23)32-11-9-20-48(32)38(50)34(24(2)55-5)46-40(52)57-7)29-18-14-27(15-19-29)26-12-16-28(17-13-26)30-22-42-36(44-30)31-10-8-21-49(31)39(51)35(25(3)56-6)47(4)41(53)54/h12-19,22,24-25,31-32,34-35H,8-11,20-21H2,1-7H3,(H,42,44)(H,43,45)(H,46,52)(H,53,54)/t24?,25-,31+,32+,34+,35+/m1/s1.